The standard InChI is InChI=1S/C6H10O7Si/c1-12-5(7)2-3-6(8)13-4-14(9,10)11/h2-3,9-11H,4H2,1H3/b3-2+. The molecule has 0 radical (unpaired) electrons. The van der Waals surface area contributed by atoms with Gasteiger partial charge in [-0.1, -0.05) is 0 Å². The summed E-state index contributed by atoms with van der Waals surface area (Å²) < 4.78 is 8.35. The first-order valence-electron chi connectivity index (χ1n) is 3.45. The van der Waals surface area contributed by atoms with Gasteiger partial charge in [0.1, 0.15) is 0 Å². The lowest BCUT2D eigenvalue weighted by molar-refractivity contribution is -0.138. The largest absolute Gasteiger partial charge is 0.532 e. The van der Waals surface area contributed by atoms with Gasteiger partial charge in [-0.25, -0.2) is 9.59 Å². The summed E-state index contributed by atoms with van der Waals surface area (Å²) in [6.45, 7) is 0. The van der Waals surface area contributed by atoms with Crippen molar-refractivity contribution in [2.45, 2.75) is 0 Å². The zero-order valence-electron chi connectivity index (χ0n) is 7.34. The van der Waals surface area contributed by atoms with Crippen molar-refractivity contribution in [3.63, 3.8) is 0 Å². The third-order valence-electron chi connectivity index (χ3n) is 0.965. The van der Waals surface area contributed by atoms with E-state index >= 15 is 0 Å². The number of carbonyl (C=O) groups is 2. The van der Waals surface area contributed by atoms with Crippen LogP contribution in [0.4, 0.5) is 0 Å². The molecule has 0 aromatic carbocycles. The molecular formula is C6H10O7Si. The monoisotopic (exact) mass is 222 g/mol. The molecule has 14 heavy (non-hydrogen) atoms. The number of hydrogen-bond donors (Lipinski definition) is 3. The van der Waals surface area contributed by atoms with Crippen molar-refractivity contribution >= 4 is 20.7 Å². The van der Waals surface area contributed by atoms with E-state index < -0.39 is 27.0 Å². The minimum absolute atomic E-state index is 0.742. The third kappa shape index (κ3) is 7.43. The van der Waals surface area contributed by atoms with Crippen molar-refractivity contribution in [2.75, 3.05) is 13.3 Å². The summed E-state index contributed by atoms with van der Waals surface area (Å²) in [6, 6.07) is 0. The average molecular weight is 222 g/mol. The second-order valence-corrected chi connectivity index (χ2v) is 4.08. The fraction of sp³-hybridized carbons (Fsp3) is 0.333. The Kier molecular flexibility index (Phi) is 5.02. The van der Waals surface area contributed by atoms with Gasteiger partial charge in [-0.05, 0) is 0 Å². The fourth-order valence-electron chi connectivity index (χ4n) is 0.420. The predicted molar refractivity (Wildman–Crippen MR) is 44.5 cm³/mol. The van der Waals surface area contributed by atoms with Gasteiger partial charge in [-0.15, -0.1) is 0 Å². The van der Waals surface area contributed by atoms with Crippen LogP contribution in [0.15, 0.2) is 12.2 Å². The van der Waals surface area contributed by atoms with Crippen molar-refractivity contribution < 1.29 is 33.4 Å². The van der Waals surface area contributed by atoms with Crippen LogP contribution in [-0.2, 0) is 19.1 Å². The second kappa shape index (κ2) is 5.50. The van der Waals surface area contributed by atoms with Crippen LogP contribution in [0.25, 0.3) is 0 Å². The number of methoxy groups -OCH3 is 1. The highest BCUT2D eigenvalue weighted by Gasteiger charge is 2.28. The topological polar surface area (TPSA) is 113 Å². The highest BCUT2D eigenvalue weighted by molar-refractivity contribution is 6.56. The number of esters is 2. The van der Waals surface area contributed by atoms with E-state index in [0.717, 1.165) is 19.3 Å². The van der Waals surface area contributed by atoms with Crippen molar-refractivity contribution in [3.05, 3.63) is 12.2 Å². The van der Waals surface area contributed by atoms with Gasteiger partial charge >= 0.3 is 20.7 Å². The van der Waals surface area contributed by atoms with Gasteiger partial charge in [-0.3, -0.25) is 0 Å². The summed E-state index contributed by atoms with van der Waals surface area (Å²) >= 11 is 0. The smallest absolute Gasteiger partial charge is 0.466 e. The van der Waals surface area contributed by atoms with E-state index in [4.69, 9.17) is 14.4 Å². The highest BCUT2D eigenvalue weighted by Crippen LogP contribution is 1.90. The Bertz CT molecular complexity index is 241. The van der Waals surface area contributed by atoms with E-state index in [0.29, 0.717) is 0 Å². The molecule has 0 unspecified atom stereocenters. The lowest BCUT2D eigenvalue weighted by atomic mass is 10.5. The lowest BCUT2D eigenvalue weighted by Gasteiger charge is -2.07. The van der Waals surface area contributed by atoms with Crippen LogP contribution in [-0.4, -0.2) is 48.5 Å². The Labute approximate surface area is 80.6 Å². The molecular weight excluding hydrogens is 212 g/mol. The van der Waals surface area contributed by atoms with Crippen LogP contribution < -0.4 is 0 Å². The van der Waals surface area contributed by atoms with Crippen molar-refractivity contribution in [1.82, 2.24) is 0 Å². The second-order valence-electron chi connectivity index (χ2n) is 2.24. The van der Waals surface area contributed by atoms with Gasteiger partial charge in [0.15, 0.2) is 6.23 Å². The lowest BCUT2D eigenvalue weighted by Crippen LogP contribution is -2.41. The summed E-state index contributed by atoms with van der Waals surface area (Å²) in [7, 11) is -3.25. The van der Waals surface area contributed by atoms with Crippen LogP contribution in [0.2, 0.25) is 0 Å². The summed E-state index contributed by atoms with van der Waals surface area (Å²) in [5.41, 5.74) is 0. The van der Waals surface area contributed by atoms with Crippen LogP contribution in [0, 0.1) is 0 Å². The normalized spacial score (nSPS) is 11.4. The average Bonchev–Trinajstić information content (AvgIpc) is 2.09. The van der Waals surface area contributed by atoms with Crippen LogP contribution >= 0.6 is 0 Å². The number of carbonyl (C=O) groups excluding carboxylic acids is 2. The molecule has 0 bridgehead atoms. The summed E-state index contributed by atoms with van der Waals surface area (Å²) in [5, 5.41) is 0. The van der Waals surface area contributed by atoms with Gasteiger partial charge in [0.05, 0.1) is 7.11 Å². The fourth-order valence-corrected chi connectivity index (χ4v) is 0.756. The Morgan fingerprint density at radius 1 is 1.21 bits per heavy atom. The first-order chi connectivity index (χ1) is 6.35. The molecule has 0 fully saturated rings. The molecule has 0 saturated carbocycles. The molecule has 0 aliphatic rings. The first kappa shape index (κ1) is 12.8. The van der Waals surface area contributed by atoms with Gasteiger partial charge in [0, 0.05) is 12.2 Å². The van der Waals surface area contributed by atoms with Gasteiger partial charge in [0.25, 0.3) is 0 Å². The Hall–Kier alpha value is -1.22. The minimum Gasteiger partial charge on any atom is -0.466 e. The third-order valence-corrected chi connectivity index (χ3v) is 1.50. The van der Waals surface area contributed by atoms with E-state index in [1.54, 1.807) is 0 Å². The number of hydrogen-bond acceptors (Lipinski definition) is 7. The molecule has 0 aliphatic carbocycles. The molecule has 80 valence electrons. The molecule has 8 heteroatoms. The summed E-state index contributed by atoms with van der Waals surface area (Å²) in [4.78, 5) is 46.5. The van der Waals surface area contributed by atoms with E-state index in [2.05, 4.69) is 9.47 Å². The molecule has 0 aromatic rings. The first-order valence-corrected chi connectivity index (χ1v) is 5.50. The van der Waals surface area contributed by atoms with E-state index in [-0.39, 0.29) is 0 Å². The Balaban J connectivity index is 3.88. The van der Waals surface area contributed by atoms with Gasteiger partial charge in [-0.2, -0.15) is 0 Å². The van der Waals surface area contributed by atoms with E-state index in [1.165, 1.54) is 0 Å². The van der Waals surface area contributed by atoms with Gasteiger partial charge < -0.3 is 23.9 Å². The molecule has 0 saturated heterocycles. The maximum absolute atomic E-state index is 10.7. The summed E-state index contributed by atoms with van der Waals surface area (Å²) in [6.07, 6.45) is 0.668. The van der Waals surface area contributed by atoms with Crippen molar-refractivity contribution in [2.24, 2.45) is 0 Å². The molecule has 0 heterocycles. The van der Waals surface area contributed by atoms with Crippen LogP contribution in [0.1, 0.15) is 0 Å². The Morgan fingerprint density at radius 2 is 1.71 bits per heavy atom. The molecule has 0 spiro atoms. The zero-order chi connectivity index (χ0) is 11.2. The molecule has 3 N–H and O–H groups in total. The van der Waals surface area contributed by atoms with Gasteiger partial charge in [0.2, 0.25) is 0 Å². The van der Waals surface area contributed by atoms with E-state index in [9.17, 15) is 9.59 Å². The molecule has 7 nitrogen and oxygen atoms in total. The quantitative estimate of drug-likeness (QED) is 0.279. The van der Waals surface area contributed by atoms with Crippen LogP contribution in [0.5, 0.6) is 0 Å². The van der Waals surface area contributed by atoms with Crippen molar-refractivity contribution in [3.8, 4) is 0 Å². The van der Waals surface area contributed by atoms with E-state index in [1.807, 2.05) is 0 Å². The number of rotatable bonds is 4. The SMILES string of the molecule is COC(=O)/C=C/C(=O)OC[Si](O)(O)O. The maximum atomic E-state index is 10.7. The molecule has 0 aromatic heterocycles. The summed E-state index contributed by atoms with van der Waals surface area (Å²) in [5.74, 6) is -1.73. The Morgan fingerprint density at radius 3 is 2.14 bits per heavy atom. The molecule has 0 atom stereocenters. The maximum Gasteiger partial charge on any atom is 0.532 e. The molecule has 0 rings (SSSR count). The minimum atomic E-state index is -4.38. The zero-order valence-corrected chi connectivity index (χ0v) is 8.34. The molecule has 0 aliphatic heterocycles. The van der Waals surface area contributed by atoms with Crippen LogP contribution in [0.3, 0.4) is 0 Å². The highest BCUT2D eigenvalue weighted by atomic mass is 28.4. The molecule has 0 amide bonds. The predicted octanol–water partition coefficient (Wildman–Crippen LogP) is -2.29. The number of ether oxygens (including phenoxy) is 2. The van der Waals surface area contributed by atoms with Crippen molar-refractivity contribution in [1.29, 1.82) is 0 Å².